The molecule has 0 atom stereocenters. The molecule has 0 saturated carbocycles. The van der Waals surface area contributed by atoms with Gasteiger partial charge in [-0.25, -0.2) is 4.98 Å². The molecule has 4 aromatic rings. The number of aromatic nitrogens is 2. The summed E-state index contributed by atoms with van der Waals surface area (Å²) in [6.07, 6.45) is 3.54. The summed E-state index contributed by atoms with van der Waals surface area (Å²) in [7, 11) is 0. The third-order valence-corrected chi connectivity index (χ3v) is 5.51. The standard InChI is InChI=1S/C26H21Cl2N3O2/c1-2-32-25-13-19(12-22(28)26(25)33-16-18-7-9-21(27)10-8-18)11-20(14-29)15-31-17-30-23-5-3-4-6-24(23)31/h3-13,17H,2,15-16H2,1H3/b20-11-. The van der Waals surface area contributed by atoms with E-state index in [0.717, 1.165) is 22.2 Å². The molecule has 0 spiro atoms. The Morgan fingerprint density at radius 2 is 1.88 bits per heavy atom. The fraction of sp³-hybridized carbons (Fsp3) is 0.154. The highest BCUT2D eigenvalue weighted by Crippen LogP contribution is 2.38. The zero-order valence-corrected chi connectivity index (χ0v) is 19.5. The first-order chi connectivity index (χ1) is 16.1. The van der Waals surface area contributed by atoms with Gasteiger partial charge in [0.25, 0.3) is 0 Å². The van der Waals surface area contributed by atoms with Crippen LogP contribution in [0.1, 0.15) is 18.1 Å². The monoisotopic (exact) mass is 477 g/mol. The van der Waals surface area contributed by atoms with Gasteiger partial charge in [0, 0.05) is 10.6 Å². The minimum absolute atomic E-state index is 0.323. The Bertz CT molecular complexity index is 1340. The maximum Gasteiger partial charge on any atom is 0.180 e. The molecular weight excluding hydrogens is 457 g/mol. The lowest BCUT2D eigenvalue weighted by Crippen LogP contribution is -2.01. The predicted molar refractivity (Wildman–Crippen MR) is 132 cm³/mol. The van der Waals surface area contributed by atoms with Crippen LogP contribution in [0, 0.1) is 11.3 Å². The number of nitriles is 1. The molecule has 0 saturated heterocycles. The Morgan fingerprint density at radius 1 is 1.09 bits per heavy atom. The lowest BCUT2D eigenvalue weighted by molar-refractivity contribution is 0.269. The molecular formula is C26H21Cl2N3O2. The van der Waals surface area contributed by atoms with E-state index in [9.17, 15) is 5.26 Å². The molecule has 0 fully saturated rings. The van der Waals surface area contributed by atoms with Crippen LogP contribution in [-0.4, -0.2) is 16.2 Å². The molecule has 33 heavy (non-hydrogen) atoms. The maximum atomic E-state index is 9.73. The van der Waals surface area contributed by atoms with Crippen molar-refractivity contribution in [1.82, 2.24) is 9.55 Å². The van der Waals surface area contributed by atoms with E-state index >= 15 is 0 Å². The molecule has 1 aromatic heterocycles. The van der Waals surface area contributed by atoms with Gasteiger partial charge >= 0.3 is 0 Å². The van der Waals surface area contributed by atoms with Gasteiger partial charge in [-0.2, -0.15) is 5.26 Å². The van der Waals surface area contributed by atoms with Crippen LogP contribution >= 0.6 is 23.2 Å². The van der Waals surface area contributed by atoms with Crippen molar-refractivity contribution in [1.29, 1.82) is 5.26 Å². The number of fused-ring (bicyclic) bond motifs is 1. The van der Waals surface area contributed by atoms with Crippen molar-refractivity contribution in [3.63, 3.8) is 0 Å². The van der Waals surface area contributed by atoms with Crippen LogP contribution in [0.5, 0.6) is 11.5 Å². The van der Waals surface area contributed by atoms with Crippen LogP contribution in [0.15, 0.2) is 72.6 Å². The van der Waals surface area contributed by atoms with Crippen LogP contribution in [0.3, 0.4) is 0 Å². The number of rotatable bonds is 8. The fourth-order valence-corrected chi connectivity index (χ4v) is 3.84. The van der Waals surface area contributed by atoms with Gasteiger partial charge in [0.2, 0.25) is 0 Å². The van der Waals surface area contributed by atoms with E-state index in [1.54, 1.807) is 18.5 Å². The second kappa shape index (κ2) is 10.4. The quantitative estimate of drug-likeness (QED) is 0.258. The summed E-state index contributed by atoms with van der Waals surface area (Å²) in [5.74, 6) is 0.986. The largest absolute Gasteiger partial charge is 0.490 e. The molecule has 166 valence electrons. The highest BCUT2D eigenvalue weighted by atomic mass is 35.5. The molecule has 0 aliphatic carbocycles. The van der Waals surface area contributed by atoms with Gasteiger partial charge in [-0.3, -0.25) is 0 Å². The van der Waals surface area contributed by atoms with E-state index in [4.69, 9.17) is 32.7 Å². The summed E-state index contributed by atoms with van der Waals surface area (Å²) < 4.78 is 13.7. The summed E-state index contributed by atoms with van der Waals surface area (Å²) in [6.45, 7) is 3.06. The molecule has 0 amide bonds. The predicted octanol–water partition coefficient (Wildman–Crippen LogP) is 6.93. The summed E-state index contributed by atoms with van der Waals surface area (Å²) in [5, 5.41) is 10.8. The smallest absolute Gasteiger partial charge is 0.180 e. The van der Waals surface area contributed by atoms with E-state index in [2.05, 4.69) is 11.1 Å². The van der Waals surface area contributed by atoms with Crippen LogP contribution < -0.4 is 9.47 Å². The molecule has 5 nitrogen and oxygen atoms in total. The number of benzene rings is 3. The highest BCUT2D eigenvalue weighted by Gasteiger charge is 2.13. The number of imidazole rings is 1. The van der Waals surface area contributed by atoms with Gasteiger partial charge in [0.1, 0.15) is 6.61 Å². The van der Waals surface area contributed by atoms with Crippen molar-refractivity contribution >= 4 is 40.3 Å². The Labute approximate surface area is 202 Å². The van der Waals surface area contributed by atoms with Crippen molar-refractivity contribution < 1.29 is 9.47 Å². The number of hydrogen-bond donors (Lipinski definition) is 0. The van der Waals surface area contributed by atoms with Gasteiger partial charge in [0.05, 0.1) is 41.6 Å². The van der Waals surface area contributed by atoms with Crippen molar-refractivity contribution in [3.05, 3.63) is 93.7 Å². The summed E-state index contributed by atoms with van der Waals surface area (Å²) in [6, 6.07) is 21.1. The van der Waals surface area contributed by atoms with Gasteiger partial charge in [0.15, 0.2) is 11.5 Å². The molecule has 7 heteroatoms. The topological polar surface area (TPSA) is 60.1 Å². The van der Waals surface area contributed by atoms with Gasteiger partial charge in [-0.1, -0.05) is 47.5 Å². The molecule has 0 unspecified atom stereocenters. The third-order valence-electron chi connectivity index (χ3n) is 4.98. The number of hydrogen-bond acceptors (Lipinski definition) is 4. The molecule has 0 aliphatic heterocycles. The zero-order valence-electron chi connectivity index (χ0n) is 18.0. The van der Waals surface area contributed by atoms with Gasteiger partial charge < -0.3 is 14.0 Å². The highest BCUT2D eigenvalue weighted by molar-refractivity contribution is 6.32. The first-order valence-corrected chi connectivity index (χ1v) is 11.2. The maximum absolute atomic E-state index is 9.73. The first-order valence-electron chi connectivity index (χ1n) is 10.4. The number of nitrogens with zero attached hydrogens (tertiary/aromatic N) is 3. The fourth-order valence-electron chi connectivity index (χ4n) is 3.44. The van der Waals surface area contributed by atoms with Crippen LogP contribution in [0.4, 0.5) is 0 Å². The number of halogens is 2. The summed E-state index contributed by atoms with van der Waals surface area (Å²) in [4.78, 5) is 4.39. The molecule has 4 rings (SSSR count). The van der Waals surface area contributed by atoms with Crippen molar-refractivity contribution in [2.45, 2.75) is 20.1 Å². The Morgan fingerprint density at radius 3 is 2.64 bits per heavy atom. The molecule has 0 N–H and O–H groups in total. The normalized spacial score (nSPS) is 11.4. The second-order valence-corrected chi connectivity index (χ2v) is 8.16. The molecule has 0 radical (unpaired) electrons. The van der Waals surface area contributed by atoms with Gasteiger partial charge in [-0.15, -0.1) is 0 Å². The Kier molecular flexibility index (Phi) is 7.19. The minimum atomic E-state index is 0.323. The third kappa shape index (κ3) is 5.48. The molecule has 0 aliphatic rings. The average Bonchev–Trinajstić information content (AvgIpc) is 3.22. The minimum Gasteiger partial charge on any atom is -0.490 e. The van der Waals surface area contributed by atoms with Crippen LogP contribution in [0.2, 0.25) is 10.0 Å². The lowest BCUT2D eigenvalue weighted by atomic mass is 10.1. The number of para-hydroxylation sites is 2. The van der Waals surface area contributed by atoms with E-state index in [-0.39, 0.29) is 0 Å². The summed E-state index contributed by atoms with van der Waals surface area (Å²) >= 11 is 12.5. The molecule has 0 bridgehead atoms. The Balaban J connectivity index is 1.59. The van der Waals surface area contributed by atoms with Crippen molar-refractivity contribution in [3.8, 4) is 17.6 Å². The second-order valence-electron chi connectivity index (χ2n) is 7.32. The van der Waals surface area contributed by atoms with E-state index in [0.29, 0.717) is 46.9 Å². The van der Waals surface area contributed by atoms with Crippen molar-refractivity contribution in [2.75, 3.05) is 6.61 Å². The number of allylic oxidation sites excluding steroid dienone is 1. The molecule has 3 aromatic carbocycles. The summed E-state index contributed by atoms with van der Waals surface area (Å²) in [5.41, 5.74) is 4.13. The van der Waals surface area contributed by atoms with E-state index in [1.807, 2.05) is 66.1 Å². The van der Waals surface area contributed by atoms with E-state index < -0.39 is 0 Å². The first kappa shape index (κ1) is 22.7. The lowest BCUT2D eigenvalue weighted by Gasteiger charge is -2.15. The SMILES string of the molecule is CCOc1cc(/C=C(/C#N)Cn2cnc3ccccc32)cc(Cl)c1OCc1ccc(Cl)cc1. The average molecular weight is 478 g/mol. The Hall–Kier alpha value is -3.46. The van der Waals surface area contributed by atoms with Crippen LogP contribution in [0.25, 0.3) is 17.1 Å². The zero-order chi connectivity index (χ0) is 23.2. The van der Waals surface area contributed by atoms with E-state index in [1.165, 1.54) is 0 Å². The number of ether oxygens (including phenoxy) is 2. The van der Waals surface area contributed by atoms with Crippen molar-refractivity contribution in [2.24, 2.45) is 0 Å². The molecule has 1 heterocycles. The van der Waals surface area contributed by atoms with Crippen LogP contribution in [-0.2, 0) is 13.2 Å². The van der Waals surface area contributed by atoms with Gasteiger partial charge in [-0.05, 0) is 60.5 Å².